The van der Waals surface area contributed by atoms with Crippen molar-refractivity contribution < 1.29 is 14.7 Å². The standard InChI is InChI=1S/C13H25NO3S/c1-9(2)5-6-10(3)14-12(15)8-18-11(4)7-13(16)17/h9-11H,5-8H2,1-4H3,(H,14,15)(H,16,17). The maximum absolute atomic E-state index is 11.6. The Hall–Kier alpha value is -0.710. The molecule has 2 unspecified atom stereocenters. The smallest absolute Gasteiger partial charge is 0.304 e. The number of nitrogens with one attached hydrogen (secondary N) is 1. The van der Waals surface area contributed by atoms with Crippen molar-refractivity contribution in [3.05, 3.63) is 0 Å². The number of thioether (sulfide) groups is 1. The zero-order valence-electron chi connectivity index (χ0n) is 11.7. The van der Waals surface area contributed by atoms with Gasteiger partial charge in [0.05, 0.1) is 12.2 Å². The van der Waals surface area contributed by atoms with Crippen LogP contribution >= 0.6 is 11.8 Å². The highest BCUT2D eigenvalue weighted by Crippen LogP contribution is 2.13. The van der Waals surface area contributed by atoms with Gasteiger partial charge in [-0.05, 0) is 25.7 Å². The molecule has 2 atom stereocenters. The molecule has 0 radical (unpaired) electrons. The van der Waals surface area contributed by atoms with Crippen molar-refractivity contribution in [1.82, 2.24) is 5.32 Å². The summed E-state index contributed by atoms with van der Waals surface area (Å²) >= 11 is 1.39. The van der Waals surface area contributed by atoms with E-state index in [4.69, 9.17) is 5.11 Å². The highest BCUT2D eigenvalue weighted by molar-refractivity contribution is 8.00. The van der Waals surface area contributed by atoms with E-state index in [1.807, 2.05) is 13.8 Å². The summed E-state index contributed by atoms with van der Waals surface area (Å²) in [5, 5.41) is 11.5. The maximum atomic E-state index is 11.6. The second kappa shape index (κ2) is 9.25. The van der Waals surface area contributed by atoms with Gasteiger partial charge in [-0.25, -0.2) is 0 Å². The van der Waals surface area contributed by atoms with Crippen LogP contribution in [0.1, 0.15) is 47.0 Å². The molecule has 0 rings (SSSR count). The van der Waals surface area contributed by atoms with Crippen molar-refractivity contribution in [2.24, 2.45) is 5.92 Å². The lowest BCUT2D eigenvalue weighted by Gasteiger charge is -2.15. The summed E-state index contributed by atoms with van der Waals surface area (Å²) in [6.45, 7) is 8.16. The summed E-state index contributed by atoms with van der Waals surface area (Å²) in [4.78, 5) is 22.1. The van der Waals surface area contributed by atoms with E-state index in [9.17, 15) is 9.59 Å². The minimum absolute atomic E-state index is 0.00602. The molecule has 4 nitrogen and oxygen atoms in total. The largest absolute Gasteiger partial charge is 0.481 e. The number of hydrogen-bond donors (Lipinski definition) is 2. The summed E-state index contributed by atoms with van der Waals surface area (Å²) in [5.74, 6) is 0.156. The molecule has 0 aliphatic heterocycles. The number of carboxylic acid groups (broad SMARTS) is 1. The fourth-order valence-corrected chi connectivity index (χ4v) is 2.27. The third-order valence-electron chi connectivity index (χ3n) is 2.55. The van der Waals surface area contributed by atoms with Gasteiger partial charge < -0.3 is 10.4 Å². The lowest BCUT2D eigenvalue weighted by Crippen LogP contribution is -2.34. The van der Waals surface area contributed by atoms with Gasteiger partial charge in [-0.1, -0.05) is 20.8 Å². The van der Waals surface area contributed by atoms with Crippen LogP contribution in [0.4, 0.5) is 0 Å². The molecule has 0 saturated heterocycles. The van der Waals surface area contributed by atoms with E-state index in [1.54, 1.807) is 0 Å². The van der Waals surface area contributed by atoms with Gasteiger partial charge in [-0.3, -0.25) is 9.59 Å². The summed E-state index contributed by atoms with van der Waals surface area (Å²) in [6.07, 6.45) is 2.18. The molecule has 0 aromatic rings. The Balaban J connectivity index is 3.73. The Kier molecular flexibility index (Phi) is 8.89. The van der Waals surface area contributed by atoms with E-state index in [1.165, 1.54) is 11.8 Å². The van der Waals surface area contributed by atoms with E-state index < -0.39 is 5.97 Å². The number of aliphatic carboxylic acids is 1. The molecule has 0 saturated carbocycles. The van der Waals surface area contributed by atoms with Gasteiger partial charge in [0, 0.05) is 11.3 Å². The van der Waals surface area contributed by atoms with Gasteiger partial charge in [0.1, 0.15) is 0 Å². The molecule has 18 heavy (non-hydrogen) atoms. The van der Waals surface area contributed by atoms with Crippen molar-refractivity contribution in [2.75, 3.05) is 5.75 Å². The fourth-order valence-electron chi connectivity index (χ4n) is 1.49. The topological polar surface area (TPSA) is 66.4 Å². The molecule has 0 heterocycles. The minimum Gasteiger partial charge on any atom is -0.481 e. The quantitative estimate of drug-likeness (QED) is 0.678. The third kappa shape index (κ3) is 10.4. The highest BCUT2D eigenvalue weighted by Gasteiger charge is 2.12. The molecular weight excluding hydrogens is 250 g/mol. The van der Waals surface area contributed by atoms with Crippen LogP contribution in [0.15, 0.2) is 0 Å². The highest BCUT2D eigenvalue weighted by atomic mass is 32.2. The zero-order chi connectivity index (χ0) is 14.1. The molecule has 0 bridgehead atoms. The van der Waals surface area contributed by atoms with Gasteiger partial charge in [-0.2, -0.15) is 0 Å². The van der Waals surface area contributed by atoms with Crippen LogP contribution in [-0.4, -0.2) is 34.0 Å². The first-order valence-electron chi connectivity index (χ1n) is 6.44. The Morgan fingerprint density at radius 3 is 2.28 bits per heavy atom. The molecule has 0 aromatic heterocycles. The monoisotopic (exact) mass is 275 g/mol. The average Bonchev–Trinajstić information content (AvgIpc) is 2.22. The SMILES string of the molecule is CC(C)CCC(C)NC(=O)CSC(C)CC(=O)O. The number of carbonyl (C=O) groups is 2. The van der Waals surface area contributed by atoms with Crippen LogP contribution in [0.3, 0.4) is 0 Å². The molecule has 2 N–H and O–H groups in total. The van der Waals surface area contributed by atoms with Crippen LogP contribution < -0.4 is 5.32 Å². The minimum atomic E-state index is -0.819. The number of rotatable bonds is 9. The Bertz CT molecular complexity index is 269. The Morgan fingerprint density at radius 2 is 1.78 bits per heavy atom. The molecule has 1 amide bonds. The molecule has 106 valence electrons. The normalized spacial score (nSPS) is 14.3. The van der Waals surface area contributed by atoms with Crippen LogP contribution in [0.2, 0.25) is 0 Å². The molecule has 0 aliphatic carbocycles. The fraction of sp³-hybridized carbons (Fsp3) is 0.846. The zero-order valence-corrected chi connectivity index (χ0v) is 12.5. The Morgan fingerprint density at radius 1 is 1.17 bits per heavy atom. The first-order chi connectivity index (χ1) is 8.31. The van der Waals surface area contributed by atoms with Crippen molar-refractivity contribution >= 4 is 23.6 Å². The van der Waals surface area contributed by atoms with E-state index in [-0.39, 0.29) is 23.6 Å². The summed E-state index contributed by atoms with van der Waals surface area (Å²) in [7, 11) is 0. The van der Waals surface area contributed by atoms with Crippen LogP contribution in [-0.2, 0) is 9.59 Å². The number of hydrogen-bond acceptors (Lipinski definition) is 3. The van der Waals surface area contributed by atoms with Crippen molar-refractivity contribution in [3.8, 4) is 0 Å². The molecule has 0 aliphatic rings. The summed E-state index contributed by atoms with van der Waals surface area (Å²) < 4.78 is 0. The van der Waals surface area contributed by atoms with Gasteiger partial charge in [0.2, 0.25) is 5.91 Å². The third-order valence-corrected chi connectivity index (χ3v) is 3.71. The lowest BCUT2D eigenvalue weighted by atomic mass is 10.0. The van der Waals surface area contributed by atoms with Crippen LogP contribution in [0.25, 0.3) is 0 Å². The molecule has 0 aromatic carbocycles. The first kappa shape index (κ1) is 17.3. The molecule has 0 fully saturated rings. The van der Waals surface area contributed by atoms with E-state index in [2.05, 4.69) is 19.2 Å². The second-order valence-electron chi connectivity index (χ2n) is 5.16. The number of amides is 1. The van der Waals surface area contributed by atoms with Gasteiger partial charge in [0.15, 0.2) is 0 Å². The van der Waals surface area contributed by atoms with E-state index in [0.29, 0.717) is 11.7 Å². The molecule has 5 heteroatoms. The predicted octanol–water partition coefficient (Wildman–Crippen LogP) is 2.52. The van der Waals surface area contributed by atoms with Gasteiger partial charge in [0.25, 0.3) is 0 Å². The van der Waals surface area contributed by atoms with Crippen molar-refractivity contribution in [3.63, 3.8) is 0 Å². The summed E-state index contributed by atoms with van der Waals surface area (Å²) in [6, 6.07) is 0.190. The predicted molar refractivity (Wildman–Crippen MR) is 75.8 cm³/mol. The number of carboxylic acids is 1. The second-order valence-corrected chi connectivity index (χ2v) is 6.59. The molecule has 0 spiro atoms. The number of carbonyl (C=O) groups excluding carboxylic acids is 1. The van der Waals surface area contributed by atoms with E-state index in [0.717, 1.165) is 12.8 Å². The van der Waals surface area contributed by atoms with E-state index >= 15 is 0 Å². The van der Waals surface area contributed by atoms with Crippen LogP contribution in [0.5, 0.6) is 0 Å². The van der Waals surface area contributed by atoms with Crippen LogP contribution in [0, 0.1) is 5.92 Å². The lowest BCUT2D eigenvalue weighted by molar-refractivity contribution is -0.136. The van der Waals surface area contributed by atoms with Crippen molar-refractivity contribution in [1.29, 1.82) is 0 Å². The first-order valence-corrected chi connectivity index (χ1v) is 7.48. The Labute approximate surface area is 114 Å². The molecular formula is C13H25NO3S. The van der Waals surface area contributed by atoms with Gasteiger partial charge in [-0.15, -0.1) is 11.8 Å². The maximum Gasteiger partial charge on any atom is 0.304 e. The van der Waals surface area contributed by atoms with Gasteiger partial charge >= 0.3 is 5.97 Å². The average molecular weight is 275 g/mol. The van der Waals surface area contributed by atoms with Crippen molar-refractivity contribution in [2.45, 2.75) is 58.2 Å². The summed E-state index contributed by atoms with van der Waals surface area (Å²) in [5.41, 5.74) is 0.